The molecule has 1 unspecified atom stereocenters. The minimum atomic E-state index is -0.175. The van der Waals surface area contributed by atoms with Gasteiger partial charge in [-0.15, -0.1) is 0 Å². The van der Waals surface area contributed by atoms with E-state index in [0.29, 0.717) is 5.92 Å². The lowest BCUT2D eigenvalue weighted by atomic mass is 9.93. The Balaban J connectivity index is 2.69. The topological polar surface area (TPSA) is 12.0 Å². The molecule has 0 bridgehead atoms. The van der Waals surface area contributed by atoms with Crippen LogP contribution in [0.4, 0.5) is 4.39 Å². The van der Waals surface area contributed by atoms with Crippen LogP contribution in [0.3, 0.4) is 0 Å². The summed E-state index contributed by atoms with van der Waals surface area (Å²) in [4.78, 5) is 0. The molecule has 90 valence electrons. The van der Waals surface area contributed by atoms with Crippen LogP contribution in [0.15, 0.2) is 24.3 Å². The fourth-order valence-corrected chi connectivity index (χ4v) is 1.55. The molecule has 0 saturated heterocycles. The second-order valence-corrected chi connectivity index (χ2v) is 5.03. The smallest absolute Gasteiger partial charge is 0.123 e. The molecule has 0 aliphatic rings. The third-order valence-electron chi connectivity index (χ3n) is 3.14. The van der Waals surface area contributed by atoms with Crippen LogP contribution in [0, 0.1) is 11.7 Å². The van der Waals surface area contributed by atoms with Gasteiger partial charge in [0.15, 0.2) is 0 Å². The molecule has 1 nitrogen and oxygen atoms in total. The van der Waals surface area contributed by atoms with Crippen molar-refractivity contribution in [3.63, 3.8) is 0 Å². The first-order chi connectivity index (χ1) is 7.45. The molecular formula is C14H22FN. The van der Waals surface area contributed by atoms with Crippen molar-refractivity contribution in [3.05, 3.63) is 35.6 Å². The molecule has 1 N–H and O–H groups in total. The second kappa shape index (κ2) is 5.44. The highest BCUT2D eigenvalue weighted by Crippen LogP contribution is 2.21. The van der Waals surface area contributed by atoms with Crippen molar-refractivity contribution in [1.82, 2.24) is 5.32 Å². The van der Waals surface area contributed by atoms with Gasteiger partial charge in [-0.25, -0.2) is 4.39 Å². The summed E-state index contributed by atoms with van der Waals surface area (Å²) in [6.45, 7) is 9.53. The lowest BCUT2D eigenvalue weighted by molar-refractivity contribution is 0.359. The summed E-state index contributed by atoms with van der Waals surface area (Å²) in [7, 11) is 0. The van der Waals surface area contributed by atoms with Crippen LogP contribution < -0.4 is 5.32 Å². The van der Waals surface area contributed by atoms with Gasteiger partial charge in [-0.1, -0.05) is 32.4 Å². The Labute approximate surface area is 98.1 Å². The third kappa shape index (κ3) is 3.60. The summed E-state index contributed by atoms with van der Waals surface area (Å²) < 4.78 is 13.1. The van der Waals surface area contributed by atoms with E-state index in [9.17, 15) is 4.39 Å². The third-order valence-corrected chi connectivity index (χ3v) is 3.14. The fraction of sp³-hybridized carbons (Fsp3) is 0.571. The highest BCUT2D eigenvalue weighted by atomic mass is 19.1. The van der Waals surface area contributed by atoms with Crippen LogP contribution in [-0.2, 0) is 5.54 Å². The van der Waals surface area contributed by atoms with E-state index in [1.165, 1.54) is 6.07 Å². The molecule has 0 aliphatic heterocycles. The quantitative estimate of drug-likeness (QED) is 0.802. The Morgan fingerprint density at radius 1 is 1.38 bits per heavy atom. The zero-order chi connectivity index (χ0) is 12.2. The van der Waals surface area contributed by atoms with Gasteiger partial charge in [-0.2, -0.15) is 0 Å². The van der Waals surface area contributed by atoms with Gasteiger partial charge in [-0.3, -0.25) is 0 Å². The van der Waals surface area contributed by atoms with E-state index in [-0.39, 0.29) is 11.4 Å². The summed E-state index contributed by atoms with van der Waals surface area (Å²) in [5, 5.41) is 3.49. The van der Waals surface area contributed by atoms with Gasteiger partial charge in [0.1, 0.15) is 5.82 Å². The first kappa shape index (κ1) is 13.2. The predicted molar refractivity (Wildman–Crippen MR) is 66.9 cm³/mol. The van der Waals surface area contributed by atoms with Crippen LogP contribution >= 0.6 is 0 Å². The van der Waals surface area contributed by atoms with Gasteiger partial charge in [0.2, 0.25) is 0 Å². The number of hydrogen-bond acceptors (Lipinski definition) is 1. The summed E-state index contributed by atoms with van der Waals surface area (Å²) in [6.07, 6.45) is 1.16. The van der Waals surface area contributed by atoms with Gasteiger partial charge in [0.25, 0.3) is 0 Å². The first-order valence-electron chi connectivity index (χ1n) is 5.96. The van der Waals surface area contributed by atoms with Crippen molar-refractivity contribution in [2.45, 2.75) is 39.7 Å². The van der Waals surface area contributed by atoms with Gasteiger partial charge >= 0.3 is 0 Å². The van der Waals surface area contributed by atoms with Crippen LogP contribution in [0.5, 0.6) is 0 Å². The number of halogens is 1. The van der Waals surface area contributed by atoms with E-state index in [0.717, 1.165) is 18.5 Å². The van der Waals surface area contributed by atoms with Crippen molar-refractivity contribution in [1.29, 1.82) is 0 Å². The Hall–Kier alpha value is -0.890. The molecule has 0 fully saturated rings. The van der Waals surface area contributed by atoms with Crippen LogP contribution in [0.1, 0.15) is 39.7 Å². The lowest BCUT2D eigenvalue weighted by Crippen LogP contribution is -2.39. The fourth-order valence-electron chi connectivity index (χ4n) is 1.55. The summed E-state index contributed by atoms with van der Waals surface area (Å²) >= 11 is 0. The zero-order valence-electron chi connectivity index (χ0n) is 10.7. The predicted octanol–water partition coefficient (Wildman–Crippen LogP) is 3.70. The lowest BCUT2D eigenvalue weighted by Gasteiger charge is -2.28. The molecule has 0 radical (unpaired) electrons. The van der Waals surface area contributed by atoms with Crippen molar-refractivity contribution < 1.29 is 4.39 Å². The van der Waals surface area contributed by atoms with Crippen molar-refractivity contribution in [2.75, 3.05) is 6.54 Å². The van der Waals surface area contributed by atoms with E-state index in [1.54, 1.807) is 12.1 Å². The maximum atomic E-state index is 13.1. The van der Waals surface area contributed by atoms with Crippen molar-refractivity contribution >= 4 is 0 Å². The van der Waals surface area contributed by atoms with Crippen molar-refractivity contribution in [3.8, 4) is 0 Å². The molecule has 0 heterocycles. The average Bonchev–Trinajstić information content (AvgIpc) is 2.26. The Kier molecular flexibility index (Phi) is 4.48. The number of hydrogen-bond donors (Lipinski definition) is 1. The normalized spacial score (nSPS) is 13.8. The second-order valence-electron chi connectivity index (χ2n) is 5.03. The summed E-state index contributed by atoms with van der Waals surface area (Å²) in [5.74, 6) is 0.476. The SMILES string of the molecule is CCC(C)CNC(C)(C)c1cccc(F)c1. The molecule has 1 aromatic carbocycles. The monoisotopic (exact) mass is 223 g/mol. The van der Waals surface area contributed by atoms with Gasteiger partial charge in [-0.05, 0) is 44.0 Å². The standard InChI is InChI=1S/C14H22FN/c1-5-11(2)10-16-14(3,4)12-7-6-8-13(15)9-12/h6-9,11,16H,5,10H2,1-4H3. The van der Waals surface area contributed by atoms with E-state index in [4.69, 9.17) is 0 Å². The van der Waals surface area contributed by atoms with E-state index in [2.05, 4.69) is 33.0 Å². The summed E-state index contributed by atoms with van der Waals surface area (Å²) in [5.41, 5.74) is 0.821. The van der Waals surface area contributed by atoms with Crippen molar-refractivity contribution in [2.24, 2.45) is 5.92 Å². The van der Waals surface area contributed by atoms with Crippen LogP contribution in [-0.4, -0.2) is 6.54 Å². The zero-order valence-corrected chi connectivity index (χ0v) is 10.7. The Morgan fingerprint density at radius 3 is 2.62 bits per heavy atom. The molecule has 0 spiro atoms. The largest absolute Gasteiger partial charge is 0.308 e. The average molecular weight is 223 g/mol. The molecule has 1 rings (SSSR count). The van der Waals surface area contributed by atoms with Gasteiger partial charge < -0.3 is 5.32 Å². The van der Waals surface area contributed by atoms with E-state index < -0.39 is 0 Å². The van der Waals surface area contributed by atoms with E-state index >= 15 is 0 Å². The number of rotatable bonds is 5. The molecule has 1 aromatic rings. The molecule has 0 saturated carbocycles. The molecule has 0 aromatic heterocycles. The maximum absolute atomic E-state index is 13.1. The highest BCUT2D eigenvalue weighted by molar-refractivity contribution is 5.23. The molecular weight excluding hydrogens is 201 g/mol. The van der Waals surface area contributed by atoms with Gasteiger partial charge in [0, 0.05) is 5.54 Å². The first-order valence-corrected chi connectivity index (χ1v) is 5.96. The summed E-state index contributed by atoms with van der Waals surface area (Å²) in [6, 6.07) is 6.81. The molecule has 16 heavy (non-hydrogen) atoms. The minimum Gasteiger partial charge on any atom is -0.308 e. The highest BCUT2D eigenvalue weighted by Gasteiger charge is 2.20. The molecule has 0 amide bonds. The number of nitrogens with one attached hydrogen (secondary N) is 1. The Bertz CT molecular complexity index is 333. The molecule has 2 heteroatoms. The molecule has 1 atom stereocenters. The maximum Gasteiger partial charge on any atom is 0.123 e. The Morgan fingerprint density at radius 2 is 2.06 bits per heavy atom. The minimum absolute atomic E-state index is 0.170. The van der Waals surface area contributed by atoms with E-state index in [1.807, 2.05) is 6.07 Å². The molecule has 0 aliphatic carbocycles. The van der Waals surface area contributed by atoms with Crippen LogP contribution in [0.25, 0.3) is 0 Å². The van der Waals surface area contributed by atoms with Crippen LogP contribution in [0.2, 0.25) is 0 Å². The number of benzene rings is 1. The van der Waals surface area contributed by atoms with Gasteiger partial charge in [0.05, 0.1) is 0 Å².